The second kappa shape index (κ2) is 9.23. The van der Waals surface area contributed by atoms with E-state index < -0.39 is 34.3 Å². The number of alkyl halides is 2. The summed E-state index contributed by atoms with van der Waals surface area (Å²) >= 11 is 5.88. The summed E-state index contributed by atoms with van der Waals surface area (Å²) in [6.45, 7) is -2.82. The van der Waals surface area contributed by atoms with Crippen molar-refractivity contribution in [2.75, 3.05) is 18.4 Å². The molecule has 1 fully saturated rings. The Hall–Kier alpha value is -2.30. The number of rotatable bonds is 6. The van der Waals surface area contributed by atoms with Gasteiger partial charge in [0.15, 0.2) is 0 Å². The van der Waals surface area contributed by atoms with Crippen LogP contribution < -0.4 is 10.1 Å². The highest BCUT2D eigenvalue weighted by Gasteiger charge is 2.33. The Morgan fingerprint density at radius 2 is 1.90 bits per heavy atom. The number of hydrogen-bond acceptors (Lipinski definition) is 4. The number of piperidine rings is 1. The lowest BCUT2D eigenvalue weighted by Gasteiger charge is -2.31. The molecule has 3 rings (SSSR count). The summed E-state index contributed by atoms with van der Waals surface area (Å²) in [5.41, 5.74) is 0.269. The molecule has 1 aliphatic rings. The van der Waals surface area contributed by atoms with Gasteiger partial charge in [0.1, 0.15) is 11.6 Å². The van der Waals surface area contributed by atoms with Crippen molar-refractivity contribution in [3.05, 3.63) is 53.3 Å². The van der Waals surface area contributed by atoms with Gasteiger partial charge in [-0.25, -0.2) is 12.8 Å². The highest BCUT2D eigenvalue weighted by molar-refractivity contribution is 7.89. The van der Waals surface area contributed by atoms with Crippen molar-refractivity contribution in [2.45, 2.75) is 24.3 Å². The summed E-state index contributed by atoms with van der Waals surface area (Å²) in [7, 11) is -3.86. The molecule has 1 amide bonds. The molecule has 0 unspecified atom stereocenters. The number of nitrogens with one attached hydrogen (secondary N) is 1. The van der Waals surface area contributed by atoms with Crippen molar-refractivity contribution in [3.63, 3.8) is 0 Å². The van der Waals surface area contributed by atoms with Crippen LogP contribution in [0.1, 0.15) is 12.8 Å². The molecule has 162 valence electrons. The van der Waals surface area contributed by atoms with Crippen LogP contribution in [0.3, 0.4) is 0 Å². The molecule has 2 aromatic carbocycles. The van der Waals surface area contributed by atoms with Crippen LogP contribution >= 0.6 is 11.6 Å². The fourth-order valence-corrected chi connectivity index (χ4v) is 4.89. The Bertz CT molecular complexity index is 1020. The first-order chi connectivity index (χ1) is 14.2. The van der Waals surface area contributed by atoms with Crippen molar-refractivity contribution in [3.8, 4) is 5.75 Å². The quantitative estimate of drug-likeness (QED) is 0.700. The van der Waals surface area contributed by atoms with Gasteiger partial charge < -0.3 is 10.1 Å². The largest absolute Gasteiger partial charge is 0.433 e. The third-order valence-electron chi connectivity index (χ3n) is 4.62. The number of halogens is 4. The minimum absolute atomic E-state index is 0.0359. The van der Waals surface area contributed by atoms with Gasteiger partial charge in [0.05, 0.1) is 15.8 Å². The zero-order valence-corrected chi connectivity index (χ0v) is 17.1. The van der Waals surface area contributed by atoms with E-state index >= 15 is 0 Å². The van der Waals surface area contributed by atoms with Gasteiger partial charge >= 0.3 is 6.61 Å². The molecule has 1 atom stereocenters. The van der Waals surface area contributed by atoms with E-state index in [1.807, 2.05) is 0 Å². The maximum absolute atomic E-state index is 13.1. The van der Waals surface area contributed by atoms with Gasteiger partial charge in [0.2, 0.25) is 15.9 Å². The van der Waals surface area contributed by atoms with Crippen LogP contribution in [0.4, 0.5) is 18.9 Å². The van der Waals surface area contributed by atoms with Crippen LogP contribution in [0.5, 0.6) is 5.75 Å². The van der Waals surface area contributed by atoms with Gasteiger partial charge in [-0.15, -0.1) is 0 Å². The molecule has 0 spiro atoms. The first-order valence-corrected chi connectivity index (χ1v) is 10.8. The summed E-state index contributed by atoms with van der Waals surface area (Å²) in [5, 5.41) is 2.51. The van der Waals surface area contributed by atoms with E-state index in [9.17, 15) is 26.4 Å². The van der Waals surface area contributed by atoms with Crippen molar-refractivity contribution >= 4 is 33.2 Å². The van der Waals surface area contributed by atoms with E-state index in [1.165, 1.54) is 34.6 Å². The number of benzene rings is 2. The lowest BCUT2D eigenvalue weighted by molar-refractivity contribution is -0.120. The topological polar surface area (TPSA) is 75.7 Å². The smallest absolute Gasteiger partial charge is 0.387 e. The number of anilines is 1. The molecule has 1 aliphatic heterocycles. The summed E-state index contributed by atoms with van der Waals surface area (Å²) in [6, 6.07) is 8.32. The third-order valence-corrected chi connectivity index (χ3v) is 6.80. The van der Waals surface area contributed by atoms with E-state index in [2.05, 4.69) is 10.1 Å². The van der Waals surface area contributed by atoms with Gasteiger partial charge in [-0.3, -0.25) is 4.79 Å². The van der Waals surface area contributed by atoms with Gasteiger partial charge in [-0.05, 0) is 55.3 Å². The maximum Gasteiger partial charge on any atom is 0.387 e. The van der Waals surface area contributed by atoms with Gasteiger partial charge in [-0.1, -0.05) is 11.6 Å². The number of sulfonamides is 1. The zero-order valence-electron chi connectivity index (χ0n) is 15.5. The highest BCUT2D eigenvalue weighted by Crippen LogP contribution is 2.30. The van der Waals surface area contributed by atoms with Crippen molar-refractivity contribution in [1.82, 2.24) is 4.31 Å². The molecule has 11 heteroatoms. The average molecular weight is 463 g/mol. The Morgan fingerprint density at radius 1 is 1.20 bits per heavy atom. The minimum Gasteiger partial charge on any atom is -0.433 e. The summed E-state index contributed by atoms with van der Waals surface area (Å²) < 4.78 is 68.7. The summed E-state index contributed by atoms with van der Waals surface area (Å²) in [5.74, 6) is -1.82. The monoisotopic (exact) mass is 462 g/mol. The van der Waals surface area contributed by atoms with Crippen molar-refractivity contribution in [1.29, 1.82) is 0 Å². The number of hydrogen-bond donors (Lipinski definition) is 1. The fraction of sp³-hybridized carbons (Fsp3) is 0.316. The predicted octanol–water partition coefficient (Wildman–Crippen LogP) is 4.12. The number of amides is 1. The van der Waals surface area contributed by atoms with E-state index in [1.54, 1.807) is 0 Å². The predicted molar refractivity (Wildman–Crippen MR) is 105 cm³/mol. The Labute approximate surface area is 176 Å². The van der Waals surface area contributed by atoms with Crippen LogP contribution in [0.2, 0.25) is 5.02 Å². The van der Waals surface area contributed by atoms with Crippen LogP contribution in [0.25, 0.3) is 0 Å². The molecule has 0 radical (unpaired) electrons. The number of carbonyl (C=O) groups excluding carboxylic acids is 1. The average Bonchev–Trinajstić information content (AvgIpc) is 2.70. The lowest BCUT2D eigenvalue weighted by atomic mass is 9.98. The first-order valence-electron chi connectivity index (χ1n) is 8.98. The zero-order chi connectivity index (χ0) is 21.9. The fourth-order valence-electron chi connectivity index (χ4n) is 3.14. The molecule has 0 aromatic heterocycles. The maximum atomic E-state index is 13.1. The number of carbonyl (C=O) groups is 1. The Balaban J connectivity index is 1.68. The second-order valence-corrected chi connectivity index (χ2v) is 9.01. The van der Waals surface area contributed by atoms with Gasteiger partial charge in [0.25, 0.3) is 0 Å². The highest BCUT2D eigenvalue weighted by atomic mass is 35.5. The van der Waals surface area contributed by atoms with Gasteiger partial charge in [0, 0.05) is 18.8 Å². The van der Waals surface area contributed by atoms with E-state index in [-0.39, 0.29) is 34.4 Å². The Morgan fingerprint density at radius 3 is 2.53 bits per heavy atom. The third kappa shape index (κ3) is 5.24. The molecule has 2 aromatic rings. The second-order valence-electron chi connectivity index (χ2n) is 6.67. The molecule has 0 aliphatic carbocycles. The number of ether oxygens (including phenoxy) is 1. The van der Waals surface area contributed by atoms with Crippen LogP contribution in [0.15, 0.2) is 47.4 Å². The van der Waals surface area contributed by atoms with Crippen LogP contribution in [-0.4, -0.2) is 38.3 Å². The van der Waals surface area contributed by atoms with Gasteiger partial charge in [-0.2, -0.15) is 13.1 Å². The van der Waals surface area contributed by atoms with E-state index in [0.717, 1.165) is 12.1 Å². The SMILES string of the molecule is O=C(Nc1ccc(OC(F)F)c(Cl)c1)[C@@H]1CCCN(S(=O)(=O)c2ccc(F)cc2)C1. The van der Waals surface area contributed by atoms with Crippen molar-refractivity contribution < 1.29 is 31.1 Å². The summed E-state index contributed by atoms with van der Waals surface area (Å²) in [4.78, 5) is 12.6. The molecule has 30 heavy (non-hydrogen) atoms. The van der Waals surface area contributed by atoms with Crippen molar-refractivity contribution in [2.24, 2.45) is 5.92 Å². The molecule has 0 saturated carbocycles. The van der Waals surface area contributed by atoms with Crippen LogP contribution in [-0.2, 0) is 14.8 Å². The molecule has 6 nitrogen and oxygen atoms in total. The molecular weight excluding hydrogens is 445 g/mol. The number of nitrogens with zero attached hydrogens (tertiary/aromatic N) is 1. The Kier molecular flexibility index (Phi) is 6.89. The molecule has 0 bridgehead atoms. The lowest BCUT2D eigenvalue weighted by Crippen LogP contribution is -2.43. The molecule has 1 saturated heterocycles. The minimum atomic E-state index is -3.86. The molecular formula is C19H18ClF3N2O4S. The first kappa shape index (κ1) is 22.4. The molecule has 1 heterocycles. The van der Waals surface area contributed by atoms with E-state index in [4.69, 9.17) is 11.6 Å². The molecule has 1 N–H and O–H groups in total. The summed E-state index contributed by atoms with van der Waals surface area (Å²) in [6.07, 6.45) is 0.946. The normalized spacial score (nSPS) is 17.7. The standard InChI is InChI=1S/C19H18ClF3N2O4S/c20-16-10-14(5-8-17(16)29-19(22)23)24-18(26)12-2-1-9-25(11-12)30(27,28)15-6-3-13(21)4-7-15/h3-8,10,12,19H,1-2,9,11H2,(H,24,26)/t12-/m1/s1. The van der Waals surface area contributed by atoms with Crippen LogP contribution in [0, 0.1) is 11.7 Å². The van der Waals surface area contributed by atoms with E-state index in [0.29, 0.717) is 12.8 Å².